The van der Waals surface area contributed by atoms with Gasteiger partial charge in [0.1, 0.15) is 5.76 Å². The smallest absolute Gasteiger partial charge is 0.276 e. The quantitative estimate of drug-likeness (QED) is 0.810. The summed E-state index contributed by atoms with van der Waals surface area (Å²) < 4.78 is 4.95. The summed E-state index contributed by atoms with van der Waals surface area (Å²) in [4.78, 5) is 28.7. The highest BCUT2D eigenvalue weighted by Gasteiger charge is 2.39. The average molecular weight is 341 g/mol. The number of hydrogen-bond acceptors (Lipinski definition) is 4. The van der Waals surface area contributed by atoms with Crippen LogP contribution < -0.4 is 4.90 Å². The van der Waals surface area contributed by atoms with E-state index in [0.717, 1.165) is 18.5 Å². The highest BCUT2D eigenvalue weighted by atomic mass is 16.5. The zero-order chi connectivity index (χ0) is 17.8. The molecule has 0 radical (unpaired) electrons. The third kappa shape index (κ3) is 3.73. The first kappa shape index (κ1) is 17.2. The molecule has 0 unspecified atom stereocenters. The summed E-state index contributed by atoms with van der Waals surface area (Å²) >= 11 is 0. The van der Waals surface area contributed by atoms with Gasteiger partial charge in [0.2, 0.25) is 5.91 Å². The Morgan fingerprint density at radius 2 is 2.00 bits per heavy atom. The maximum absolute atomic E-state index is 12.9. The molecule has 1 fully saturated rings. The van der Waals surface area contributed by atoms with Crippen molar-refractivity contribution in [2.45, 2.75) is 26.7 Å². The Morgan fingerprint density at radius 3 is 2.60 bits per heavy atom. The van der Waals surface area contributed by atoms with Crippen molar-refractivity contribution in [1.29, 1.82) is 0 Å². The van der Waals surface area contributed by atoms with Gasteiger partial charge >= 0.3 is 0 Å². The number of nitrogens with zero attached hydrogens (tertiary/aromatic N) is 3. The van der Waals surface area contributed by atoms with Crippen LogP contribution in [0.25, 0.3) is 0 Å². The maximum atomic E-state index is 12.9. The second kappa shape index (κ2) is 7.51. The lowest BCUT2D eigenvalue weighted by molar-refractivity contribution is -0.126. The lowest BCUT2D eigenvalue weighted by Gasteiger charge is -2.40. The van der Waals surface area contributed by atoms with Crippen LogP contribution in [0.2, 0.25) is 0 Å². The minimum Gasteiger partial charge on any atom is -0.361 e. The Labute approximate surface area is 147 Å². The monoisotopic (exact) mass is 341 g/mol. The number of hydrogen-bond donors (Lipinski definition) is 0. The Kier molecular flexibility index (Phi) is 5.16. The average Bonchev–Trinajstić information content (AvgIpc) is 3.01. The highest BCUT2D eigenvalue weighted by molar-refractivity contribution is 5.99. The van der Waals surface area contributed by atoms with E-state index in [1.807, 2.05) is 35.2 Å². The van der Waals surface area contributed by atoms with E-state index in [1.54, 1.807) is 17.9 Å². The first-order valence-corrected chi connectivity index (χ1v) is 8.69. The third-order valence-electron chi connectivity index (χ3n) is 4.43. The molecule has 0 bridgehead atoms. The molecule has 0 N–H and O–H groups in total. The number of aryl methyl sites for hydroxylation is 1. The molecule has 1 aromatic carbocycles. The number of carbonyl (C=O) groups is 2. The summed E-state index contributed by atoms with van der Waals surface area (Å²) in [6, 6.07) is 11.3. The van der Waals surface area contributed by atoms with Crippen molar-refractivity contribution in [2.75, 3.05) is 24.5 Å². The Hall–Kier alpha value is -2.63. The predicted octanol–water partition coefficient (Wildman–Crippen LogP) is 2.89. The third-order valence-corrected chi connectivity index (χ3v) is 4.43. The summed E-state index contributed by atoms with van der Waals surface area (Å²) in [5, 5.41) is 3.75. The molecule has 1 aliphatic heterocycles. The molecule has 6 heteroatoms. The van der Waals surface area contributed by atoms with E-state index in [9.17, 15) is 9.59 Å². The van der Waals surface area contributed by atoms with Crippen LogP contribution in [-0.2, 0) is 4.79 Å². The van der Waals surface area contributed by atoms with Gasteiger partial charge in [-0.3, -0.25) is 9.59 Å². The number of likely N-dealkylation sites (tertiary alicyclic amines) is 1. The fourth-order valence-corrected chi connectivity index (χ4v) is 2.94. The summed E-state index contributed by atoms with van der Waals surface area (Å²) in [6.45, 7) is 5.42. The standard InChI is InChI=1S/C19H23N3O3/c1-3-4-10-22(16-8-6-5-7-9-16)18(23)15-12-21(13-15)19(24)17-11-14(2)25-20-17/h5-9,11,15H,3-4,10,12-13H2,1-2H3. The number of carbonyl (C=O) groups excluding carboxylic acids is 2. The van der Waals surface area contributed by atoms with E-state index in [-0.39, 0.29) is 17.7 Å². The molecule has 2 aromatic rings. The van der Waals surface area contributed by atoms with Gasteiger partial charge in [0.25, 0.3) is 5.91 Å². The lowest BCUT2D eigenvalue weighted by atomic mass is 9.97. The highest BCUT2D eigenvalue weighted by Crippen LogP contribution is 2.24. The Bertz CT molecular complexity index is 735. The van der Waals surface area contributed by atoms with E-state index in [4.69, 9.17) is 4.52 Å². The van der Waals surface area contributed by atoms with Crippen molar-refractivity contribution in [3.63, 3.8) is 0 Å². The van der Waals surface area contributed by atoms with Crippen molar-refractivity contribution in [1.82, 2.24) is 10.1 Å². The SMILES string of the molecule is CCCCN(C(=O)C1CN(C(=O)c2cc(C)on2)C1)c1ccccc1. The lowest BCUT2D eigenvalue weighted by Crippen LogP contribution is -2.56. The molecule has 6 nitrogen and oxygen atoms in total. The van der Waals surface area contributed by atoms with Crippen molar-refractivity contribution in [2.24, 2.45) is 5.92 Å². The zero-order valence-electron chi connectivity index (χ0n) is 14.6. The fraction of sp³-hybridized carbons (Fsp3) is 0.421. The molecule has 0 aliphatic carbocycles. The van der Waals surface area contributed by atoms with E-state index in [2.05, 4.69) is 12.1 Å². The Balaban J connectivity index is 1.63. The van der Waals surface area contributed by atoms with Gasteiger partial charge in [0.15, 0.2) is 5.69 Å². The number of para-hydroxylation sites is 1. The number of amides is 2. The summed E-state index contributed by atoms with van der Waals surface area (Å²) in [5.74, 6) is 0.348. The van der Waals surface area contributed by atoms with Crippen LogP contribution in [0.1, 0.15) is 36.0 Å². The molecule has 3 rings (SSSR count). The molecule has 132 valence electrons. The molecule has 2 amide bonds. The van der Waals surface area contributed by atoms with Crippen molar-refractivity contribution >= 4 is 17.5 Å². The molecular weight excluding hydrogens is 318 g/mol. The number of rotatable bonds is 6. The minimum absolute atomic E-state index is 0.0834. The first-order valence-electron chi connectivity index (χ1n) is 8.69. The fourth-order valence-electron chi connectivity index (χ4n) is 2.94. The van der Waals surface area contributed by atoms with Gasteiger partial charge in [-0.05, 0) is 25.5 Å². The molecule has 25 heavy (non-hydrogen) atoms. The van der Waals surface area contributed by atoms with E-state index in [1.165, 1.54) is 0 Å². The van der Waals surface area contributed by atoms with Crippen LogP contribution in [0, 0.1) is 12.8 Å². The van der Waals surface area contributed by atoms with Gasteiger partial charge in [-0.15, -0.1) is 0 Å². The van der Waals surface area contributed by atoms with Crippen molar-refractivity contribution in [3.8, 4) is 0 Å². The summed E-state index contributed by atoms with van der Waals surface area (Å²) in [6.07, 6.45) is 1.98. The number of unbranched alkanes of at least 4 members (excludes halogenated alkanes) is 1. The normalized spacial score (nSPS) is 14.2. The summed E-state index contributed by atoms with van der Waals surface area (Å²) in [5.41, 5.74) is 1.21. The van der Waals surface area contributed by atoms with Gasteiger partial charge in [0.05, 0.1) is 5.92 Å². The van der Waals surface area contributed by atoms with Crippen LogP contribution in [0.3, 0.4) is 0 Å². The molecule has 1 saturated heterocycles. The largest absolute Gasteiger partial charge is 0.361 e. The van der Waals surface area contributed by atoms with Gasteiger partial charge < -0.3 is 14.3 Å². The maximum Gasteiger partial charge on any atom is 0.276 e. The van der Waals surface area contributed by atoms with Crippen LogP contribution in [0.5, 0.6) is 0 Å². The molecule has 1 aliphatic rings. The van der Waals surface area contributed by atoms with Gasteiger partial charge in [-0.2, -0.15) is 0 Å². The van der Waals surface area contributed by atoms with E-state index in [0.29, 0.717) is 31.1 Å². The topological polar surface area (TPSA) is 66.7 Å². The summed E-state index contributed by atoms with van der Waals surface area (Å²) in [7, 11) is 0. The van der Waals surface area contributed by atoms with E-state index < -0.39 is 0 Å². The first-order chi connectivity index (χ1) is 12.1. The molecule has 0 spiro atoms. The van der Waals surface area contributed by atoms with Crippen LogP contribution in [-0.4, -0.2) is 41.5 Å². The number of aromatic nitrogens is 1. The second-order valence-corrected chi connectivity index (χ2v) is 6.41. The Morgan fingerprint density at radius 1 is 1.28 bits per heavy atom. The van der Waals surface area contributed by atoms with Crippen molar-refractivity contribution < 1.29 is 14.1 Å². The van der Waals surface area contributed by atoms with Crippen LogP contribution in [0.15, 0.2) is 40.9 Å². The minimum atomic E-state index is -0.180. The molecule has 1 aromatic heterocycles. The van der Waals surface area contributed by atoms with Gasteiger partial charge in [-0.1, -0.05) is 36.7 Å². The van der Waals surface area contributed by atoms with Crippen molar-refractivity contribution in [3.05, 3.63) is 47.9 Å². The van der Waals surface area contributed by atoms with E-state index >= 15 is 0 Å². The van der Waals surface area contributed by atoms with Gasteiger partial charge in [0, 0.05) is 31.4 Å². The second-order valence-electron chi connectivity index (χ2n) is 6.41. The molecule has 0 atom stereocenters. The molecular formula is C19H23N3O3. The zero-order valence-corrected chi connectivity index (χ0v) is 14.6. The number of benzene rings is 1. The predicted molar refractivity (Wildman–Crippen MR) is 94.3 cm³/mol. The van der Waals surface area contributed by atoms with Crippen LogP contribution >= 0.6 is 0 Å². The molecule has 2 heterocycles. The van der Waals surface area contributed by atoms with Crippen LogP contribution in [0.4, 0.5) is 5.69 Å². The molecule has 0 saturated carbocycles. The number of anilines is 1. The van der Waals surface area contributed by atoms with Gasteiger partial charge in [-0.25, -0.2) is 0 Å².